The number of anilines is 6. The summed E-state index contributed by atoms with van der Waals surface area (Å²) in [5.74, 6) is 2.35. The standard InChI is InChI=1S/C20H19ClN2O4S.C19H16ClFN2O4S.C19H17ClN2O4S/c1-12-5-7-14(8-6-12)23(21)20-22-15(11-28-20)18(24)13-9-16(25-2)19(27-4)17(10-13)26-3;1-25-15-8-11(9-16(26-2)18(15)27-3)17(24)14-10-28-19(22-14)23(20)13-6-4-12(21)5-7-13;1-24-15-9-12(10-16(25-2)18(15)26-3)17(23)14-11-27-19(21-14)22(20)13-7-5-4-6-8-13/h5-11H,1-4H3;4-10H,1-3H3;4-11H,1-3H3. The molecule has 0 saturated carbocycles. The largest absolute Gasteiger partial charge is 0.493 e. The van der Waals surface area contributed by atoms with Crippen LogP contribution < -0.4 is 55.9 Å². The van der Waals surface area contributed by atoms with Gasteiger partial charge in [-0.15, -0.1) is 34.0 Å². The van der Waals surface area contributed by atoms with Crippen LogP contribution in [0.5, 0.6) is 51.7 Å². The van der Waals surface area contributed by atoms with Crippen molar-refractivity contribution < 1.29 is 61.4 Å². The van der Waals surface area contributed by atoms with E-state index in [1.807, 2.05) is 61.5 Å². The summed E-state index contributed by atoms with van der Waals surface area (Å²) >= 11 is 22.8. The molecule has 9 rings (SSSR count). The van der Waals surface area contributed by atoms with E-state index in [9.17, 15) is 18.8 Å². The number of para-hydroxylation sites is 1. The van der Waals surface area contributed by atoms with Gasteiger partial charge in [-0.3, -0.25) is 14.4 Å². The number of aromatic nitrogens is 3. The summed E-state index contributed by atoms with van der Waals surface area (Å²) in [5, 5.41) is 6.31. The highest BCUT2D eigenvalue weighted by Gasteiger charge is 2.25. The Morgan fingerprint density at radius 2 is 0.663 bits per heavy atom. The van der Waals surface area contributed by atoms with Crippen LogP contribution in [0, 0.1) is 12.7 Å². The minimum Gasteiger partial charge on any atom is -0.493 e. The maximum atomic E-state index is 13.1. The molecule has 18 nitrogen and oxygen atoms in total. The van der Waals surface area contributed by atoms with Crippen LogP contribution in [0.2, 0.25) is 0 Å². The predicted octanol–water partition coefficient (Wildman–Crippen LogP) is 14.5. The highest BCUT2D eigenvalue weighted by Crippen LogP contribution is 2.42. The first-order chi connectivity index (χ1) is 40.0. The van der Waals surface area contributed by atoms with E-state index in [1.165, 1.54) is 136 Å². The van der Waals surface area contributed by atoms with E-state index >= 15 is 0 Å². The van der Waals surface area contributed by atoms with Gasteiger partial charge in [0.1, 0.15) is 22.9 Å². The van der Waals surface area contributed by atoms with E-state index in [4.69, 9.17) is 78.0 Å². The molecule has 0 unspecified atom stereocenters. The molecular formula is C58H52Cl3FN6O12S3. The summed E-state index contributed by atoms with van der Waals surface area (Å²) in [6, 6.07) is 32.2. The summed E-state index contributed by atoms with van der Waals surface area (Å²) in [4.78, 5) is 51.7. The van der Waals surface area contributed by atoms with Crippen LogP contribution in [-0.4, -0.2) is 96.3 Å². The van der Waals surface area contributed by atoms with Crippen LogP contribution in [0.25, 0.3) is 0 Å². The van der Waals surface area contributed by atoms with Crippen molar-refractivity contribution in [3.8, 4) is 51.7 Å². The minimum atomic E-state index is -0.369. The van der Waals surface area contributed by atoms with Gasteiger partial charge in [-0.1, -0.05) is 35.9 Å². The third-order valence-electron chi connectivity index (χ3n) is 11.8. The molecule has 0 saturated heterocycles. The zero-order valence-electron chi connectivity index (χ0n) is 46.0. The van der Waals surface area contributed by atoms with Crippen molar-refractivity contribution >= 4 is 119 Å². The van der Waals surface area contributed by atoms with Gasteiger partial charge in [0.15, 0.2) is 34.5 Å². The first kappa shape index (κ1) is 62.2. The topological polar surface area (TPSA) is 183 Å². The Kier molecular flexibility index (Phi) is 21.8. The fourth-order valence-electron chi connectivity index (χ4n) is 7.59. The first-order valence-corrected chi connectivity index (χ1v) is 27.9. The van der Waals surface area contributed by atoms with E-state index in [0.29, 0.717) is 89.5 Å². The molecule has 3 heterocycles. The Balaban J connectivity index is 0.000000179. The molecule has 0 atom stereocenters. The molecule has 25 heteroatoms. The summed E-state index contributed by atoms with van der Waals surface area (Å²) in [5.41, 5.74) is 5.06. The van der Waals surface area contributed by atoms with Gasteiger partial charge >= 0.3 is 0 Å². The number of ketones is 3. The summed E-state index contributed by atoms with van der Waals surface area (Å²) in [6.07, 6.45) is 0. The zero-order valence-corrected chi connectivity index (χ0v) is 50.7. The Morgan fingerprint density at radius 3 is 0.928 bits per heavy atom. The van der Waals surface area contributed by atoms with Gasteiger partial charge in [-0.2, -0.15) is 0 Å². The lowest BCUT2D eigenvalue weighted by Gasteiger charge is -2.13. The van der Waals surface area contributed by atoms with Gasteiger partial charge in [0.25, 0.3) is 0 Å². The third-order valence-corrected chi connectivity index (χ3v) is 15.6. The van der Waals surface area contributed by atoms with Crippen LogP contribution >= 0.6 is 69.3 Å². The van der Waals surface area contributed by atoms with E-state index in [1.54, 1.807) is 52.5 Å². The number of benzene rings is 6. The number of carbonyl (C=O) groups excluding carboxylic acids is 3. The number of hydrogen-bond donors (Lipinski definition) is 0. The number of aryl methyl sites for hydroxylation is 1. The molecule has 0 fully saturated rings. The van der Waals surface area contributed by atoms with Gasteiger partial charge in [-0.25, -0.2) is 32.6 Å². The molecule has 9 aromatic rings. The number of rotatable bonds is 21. The van der Waals surface area contributed by atoms with Crippen molar-refractivity contribution in [1.29, 1.82) is 0 Å². The molecule has 0 radical (unpaired) electrons. The minimum absolute atomic E-state index is 0.210. The first-order valence-electron chi connectivity index (χ1n) is 24.2. The fourth-order valence-corrected chi connectivity index (χ4v) is 10.6. The number of methoxy groups -OCH3 is 9. The quantitative estimate of drug-likeness (QED) is 0.0488. The number of hydrogen-bond acceptors (Lipinski definition) is 21. The molecule has 0 spiro atoms. The van der Waals surface area contributed by atoms with Crippen molar-refractivity contribution in [2.75, 3.05) is 77.2 Å². The second kappa shape index (κ2) is 29.0. The van der Waals surface area contributed by atoms with Gasteiger partial charge in [0, 0.05) is 68.2 Å². The van der Waals surface area contributed by atoms with Crippen LogP contribution in [0.4, 0.5) is 36.8 Å². The normalized spacial score (nSPS) is 10.4. The molecule has 432 valence electrons. The molecule has 0 aliphatic rings. The second-order valence-electron chi connectivity index (χ2n) is 16.8. The van der Waals surface area contributed by atoms with Crippen molar-refractivity contribution in [3.05, 3.63) is 177 Å². The maximum Gasteiger partial charge on any atom is 0.212 e. The van der Waals surface area contributed by atoms with Crippen molar-refractivity contribution in [2.24, 2.45) is 0 Å². The number of nitrogens with zero attached hydrogens (tertiary/aromatic N) is 6. The lowest BCUT2D eigenvalue weighted by atomic mass is 10.1. The number of ether oxygens (including phenoxy) is 9. The van der Waals surface area contributed by atoms with Crippen molar-refractivity contribution in [1.82, 2.24) is 15.0 Å². The summed E-state index contributed by atoms with van der Waals surface area (Å²) in [6.45, 7) is 2.00. The maximum absolute atomic E-state index is 13.1. The van der Waals surface area contributed by atoms with Crippen LogP contribution in [0.15, 0.2) is 131 Å². The average molecular weight is 1250 g/mol. The van der Waals surface area contributed by atoms with Crippen molar-refractivity contribution in [3.63, 3.8) is 0 Å². The Labute approximate surface area is 504 Å². The van der Waals surface area contributed by atoms with E-state index < -0.39 is 0 Å². The Bertz CT molecular complexity index is 3450. The molecular weight excluding hydrogens is 1190 g/mol. The average Bonchev–Trinajstić information content (AvgIpc) is 4.48. The summed E-state index contributed by atoms with van der Waals surface area (Å²) < 4.78 is 64.8. The lowest BCUT2D eigenvalue weighted by molar-refractivity contribution is 0.102. The highest BCUT2D eigenvalue weighted by molar-refractivity contribution is 7.15. The smallest absolute Gasteiger partial charge is 0.212 e. The molecule has 0 aliphatic heterocycles. The van der Waals surface area contributed by atoms with E-state index in [-0.39, 0.29) is 40.2 Å². The molecule has 0 bridgehead atoms. The fraction of sp³-hybridized carbons (Fsp3) is 0.172. The number of carbonyl (C=O) groups is 3. The van der Waals surface area contributed by atoms with Gasteiger partial charge in [0.2, 0.25) is 50.0 Å². The molecule has 0 N–H and O–H groups in total. The highest BCUT2D eigenvalue weighted by atomic mass is 35.5. The van der Waals surface area contributed by atoms with Crippen LogP contribution in [0.1, 0.15) is 53.7 Å². The monoisotopic (exact) mass is 1240 g/mol. The van der Waals surface area contributed by atoms with Gasteiger partial charge in [-0.05, 0) is 91.9 Å². The molecule has 6 aromatic carbocycles. The number of thiazole rings is 3. The molecule has 83 heavy (non-hydrogen) atoms. The SMILES string of the molecule is COc1cc(C(=O)c2csc(N(Cl)c3ccc(C)cc3)n2)cc(OC)c1OC.COc1cc(C(=O)c2csc(N(Cl)c3ccc(F)cc3)n2)cc(OC)c1OC.COc1cc(C(=O)c2csc(N(Cl)c3ccccc3)n2)cc(OC)c1OC. The van der Waals surface area contributed by atoms with Gasteiger partial charge in [0.05, 0.1) is 81.1 Å². The Hall–Kier alpha value is -8.38. The predicted molar refractivity (Wildman–Crippen MR) is 323 cm³/mol. The molecule has 0 aliphatic carbocycles. The zero-order chi connectivity index (χ0) is 59.9. The lowest BCUT2D eigenvalue weighted by Crippen LogP contribution is -2.06. The van der Waals surface area contributed by atoms with E-state index in [2.05, 4.69) is 15.0 Å². The van der Waals surface area contributed by atoms with E-state index in [0.717, 1.165) is 16.9 Å². The molecule has 0 amide bonds. The van der Waals surface area contributed by atoms with Crippen LogP contribution in [0.3, 0.4) is 0 Å². The van der Waals surface area contributed by atoms with Crippen LogP contribution in [-0.2, 0) is 0 Å². The van der Waals surface area contributed by atoms with Gasteiger partial charge < -0.3 is 42.6 Å². The number of halogens is 4. The molecule has 3 aromatic heterocycles. The summed E-state index contributed by atoms with van der Waals surface area (Å²) in [7, 11) is 13.4. The second-order valence-corrected chi connectivity index (χ2v) is 20.3. The van der Waals surface area contributed by atoms with Crippen molar-refractivity contribution in [2.45, 2.75) is 6.92 Å². The Morgan fingerprint density at radius 1 is 0.398 bits per heavy atom. The third kappa shape index (κ3) is 14.6.